The van der Waals surface area contributed by atoms with Gasteiger partial charge < -0.3 is 5.73 Å². The lowest BCUT2D eigenvalue weighted by Gasteiger charge is -2.13. The molecule has 0 unspecified atom stereocenters. The largest absolute Gasteiger partial charge is 0.417 e. The van der Waals surface area contributed by atoms with Crippen LogP contribution in [-0.2, 0) is 12.6 Å². The summed E-state index contributed by atoms with van der Waals surface area (Å²) < 4.78 is 38.9. The molecule has 1 aromatic carbocycles. The van der Waals surface area contributed by atoms with E-state index in [0.717, 1.165) is 18.5 Å². The van der Waals surface area contributed by atoms with E-state index >= 15 is 0 Å². The molecule has 2 N–H and O–H groups in total. The van der Waals surface area contributed by atoms with Crippen LogP contribution in [0.2, 0.25) is 0 Å². The van der Waals surface area contributed by atoms with Gasteiger partial charge in [-0.15, -0.1) is 0 Å². The number of rotatable bonds is 4. The highest BCUT2D eigenvalue weighted by Gasteiger charge is 2.35. The number of alkyl halides is 3. The molecule has 0 radical (unpaired) electrons. The topological polar surface area (TPSA) is 56.0 Å². The van der Waals surface area contributed by atoms with Crippen LogP contribution in [0.5, 0.6) is 0 Å². The third kappa shape index (κ3) is 3.28. The van der Waals surface area contributed by atoms with Gasteiger partial charge in [-0.25, -0.2) is 0 Å². The number of nitrogens with two attached hydrogens (primary N) is 1. The SMILES string of the molecule is NCCc1ccccc1C(=O)c1cnccc1C(F)(F)F. The van der Waals surface area contributed by atoms with Gasteiger partial charge in [-0.05, 0) is 24.6 Å². The van der Waals surface area contributed by atoms with Crippen LogP contribution in [0.3, 0.4) is 0 Å². The first-order valence-electron chi connectivity index (χ1n) is 6.29. The molecule has 0 aliphatic rings. The molecule has 6 heteroatoms. The van der Waals surface area contributed by atoms with E-state index < -0.39 is 23.1 Å². The van der Waals surface area contributed by atoms with Gasteiger partial charge in [0.05, 0.1) is 11.1 Å². The second-order valence-electron chi connectivity index (χ2n) is 4.44. The van der Waals surface area contributed by atoms with Crippen LogP contribution < -0.4 is 5.73 Å². The Balaban J connectivity index is 2.51. The molecule has 0 fully saturated rings. The highest BCUT2D eigenvalue weighted by atomic mass is 19.4. The van der Waals surface area contributed by atoms with Crippen LogP contribution in [0.25, 0.3) is 0 Å². The van der Waals surface area contributed by atoms with Crippen LogP contribution in [0.15, 0.2) is 42.7 Å². The number of nitrogens with zero attached hydrogens (tertiary/aromatic N) is 1. The molecule has 110 valence electrons. The summed E-state index contributed by atoms with van der Waals surface area (Å²) in [5.41, 5.74) is 4.88. The lowest BCUT2D eigenvalue weighted by molar-refractivity contribution is -0.137. The molecule has 0 saturated heterocycles. The smallest absolute Gasteiger partial charge is 0.330 e. The Labute approximate surface area is 119 Å². The molecule has 0 bridgehead atoms. The summed E-state index contributed by atoms with van der Waals surface area (Å²) in [7, 11) is 0. The molecular formula is C15H13F3N2O. The summed E-state index contributed by atoms with van der Waals surface area (Å²) in [6.45, 7) is 0.309. The highest BCUT2D eigenvalue weighted by Crippen LogP contribution is 2.32. The first kappa shape index (κ1) is 15.2. The van der Waals surface area contributed by atoms with Crippen molar-refractivity contribution in [2.75, 3.05) is 6.54 Å². The molecule has 0 spiro atoms. The second-order valence-corrected chi connectivity index (χ2v) is 4.44. The Hall–Kier alpha value is -2.21. The predicted octanol–water partition coefficient (Wildman–Crippen LogP) is 2.83. The maximum Gasteiger partial charge on any atom is 0.417 e. The summed E-state index contributed by atoms with van der Waals surface area (Å²) in [4.78, 5) is 16.1. The Bertz CT molecular complexity index is 653. The Morgan fingerprint density at radius 1 is 1.14 bits per heavy atom. The second kappa shape index (κ2) is 6.05. The van der Waals surface area contributed by atoms with Gasteiger partial charge in [0.1, 0.15) is 0 Å². The summed E-state index contributed by atoms with van der Waals surface area (Å²) in [5.74, 6) is -0.695. The minimum absolute atomic E-state index is 0.224. The van der Waals surface area contributed by atoms with Crippen molar-refractivity contribution < 1.29 is 18.0 Å². The Morgan fingerprint density at radius 3 is 2.52 bits per heavy atom. The van der Waals surface area contributed by atoms with Gasteiger partial charge in [-0.3, -0.25) is 9.78 Å². The number of carbonyl (C=O) groups is 1. The Kier molecular flexibility index (Phi) is 4.37. The molecule has 2 rings (SSSR count). The number of ketones is 1. The van der Waals surface area contributed by atoms with Crippen LogP contribution >= 0.6 is 0 Å². The van der Waals surface area contributed by atoms with E-state index in [1.165, 1.54) is 6.07 Å². The van der Waals surface area contributed by atoms with E-state index in [4.69, 9.17) is 5.73 Å². The van der Waals surface area contributed by atoms with E-state index in [1.54, 1.807) is 18.2 Å². The quantitative estimate of drug-likeness (QED) is 0.882. The summed E-state index contributed by atoms with van der Waals surface area (Å²) in [5, 5.41) is 0. The standard InChI is InChI=1S/C15H13F3N2O/c16-15(17,18)13-6-8-20-9-12(13)14(21)11-4-2-1-3-10(11)5-7-19/h1-4,6,8-9H,5,7,19H2. The van der Waals surface area contributed by atoms with Gasteiger partial charge in [-0.2, -0.15) is 13.2 Å². The van der Waals surface area contributed by atoms with Gasteiger partial charge in [-0.1, -0.05) is 24.3 Å². The van der Waals surface area contributed by atoms with Crippen molar-refractivity contribution in [3.63, 3.8) is 0 Å². The monoisotopic (exact) mass is 294 g/mol. The third-order valence-electron chi connectivity index (χ3n) is 3.05. The molecule has 2 aromatic rings. The zero-order valence-electron chi connectivity index (χ0n) is 11.0. The van der Waals surface area contributed by atoms with Crippen LogP contribution in [0.1, 0.15) is 27.0 Å². The number of hydrogen-bond donors (Lipinski definition) is 1. The molecule has 3 nitrogen and oxygen atoms in total. The highest BCUT2D eigenvalue weighted by molar-refractivity contribution is 6.10. The van der Waals surface area contributed by atoms with Crippen LogP contribution in [0.4, 0.5) is 13.2 Å². The summed E-state index contributed by atoms with van der Waals surface area (Å²) >= 11 is 0. The molecule has 1 heterocycles. The minimum atomic E-state index is -4.60. The lowest BCUT2D eigenvalue weighted by Crippen LogP contribution is -2.16. The maximum atomic E-state index is 13.0. The lowest BCUT2D eigenvalue weighted by atomic mass is 9.95. The number of pyridine rings is 1. The van der Waals surface area contributed by atoms with Gasteiger partial charge in [0.25, 0.3) is 0 Å². The molecule has 1 aromatic heterocycles. The first-order chi connectivity index (χ1) is 9.95. The molecule has 0 amide bonds. The number of benzene rings is 1. The fourth-order valence-corrected chi connectivity index (χ4v) is 2.08. The zero-order valence-corrected chi connectivity index (χ0v) is 11.0. The van der Waals surface area contributed by atoms with E-state index in [9.17, 15) is 18.0 Å². The maximum absolute atomic E-state index is 13.0. The molecule has 0 aliphatic carbocycles. The normalized spacial score (nSPS) is 11.4. The molecule has 0 atom stereocenters. The van der Waals surface area contributed by atoms with Crippen LogP contribution in [0, 0.1) is 0 Å². The molecule has 21 heavy (non-hydrogen) atoms. The van der Waals surface area contributed by atoms with Crippen LogP contribution in [-0.4, -0.2) is 17.3 Å². The molecule has 0 saturated carbocycles. The number of hydrogen-bond acceptors (Lipinski definition) is 3. The van der Waals surface area contributed by atoms with Crippen molar-refractivity contribution in [1.29, 1.82) is 0 Å². The predicted molar refractivity (Wildman–Crippen MR) is 71.9 cm³/mol. The zero-order chi connectivity index (χ0) is 15.5. The average Bonchev–Trinajstić information content (AvgIpc) is 2.46. The fraction of sp³-hybridized carbons (Fsp3) is 0.200. The van der Waals surface area contributed by atoms with Crippen molar-refractivity contribution >= 4 is 5.78 Å². The van der Waals surface area contributed by atoms with E-state index in [1.807, 2.05) is 0 Å². The van der Waals surface area contributed by atoms with Gasteiger partial charge in [0.15, 0.2) is 5.78 Å². The van der Waals surface area contributed by atoms with Gasteiger partial charge in [0.2, 0.25) is 0 Å². The van der Waals surface area contributed by atoms with E-state index in [-0.39, 0.29) is 5.56 Å². The van der Waals surface area contributed by atoms with Gasteiger partial charge in [0, 0.05) is 18.0 Å². The average molecular weight is 294 g/mol. The van der Waals surface area contributed by atoms with Crippen molar-refractivity contribution in [1.82, 2.24) is 4.98 Å². The van der Waals surface area contributed by atoms with Crippen molar-refractivity contribution in [3.8, 4) is 0 Å². The number of aromatic nitrogens is 1. The Morgan fingerprint density at radius 2 is 1.86 bits per heavy atom. The van der Waals surface area contributed by atoms with E-state index in [2.05, 4.69) is 4.98 Å². The number of halogens is 3. The van der Waals surface area contributed by atoms with Gasteiger partial charge >= 0.3 is 6.18 Å². The van der Waals surface area contributed by atoms with Crippen molar-refractivity contribution in [2.24, 2.45) is 5.73 Å². The minimum Gasteiger partial charge on any atom is -0.330 e. The fourth-order valence-electron chi connectivity index (χ4n) is 2.08. The number of carbonyl (C=O) groups excluding carboxylic acids is 1. The van der Waals surface area contributed by atoms with Crippen molar-refractivity contribution in [2.45, 2.75) is 12.6 Å². The summed E-state index contributed by atoms with van der Waals surface area (Å²) in [6.07, 6.45) is -2.21. The van der Waals surface area contributed by atoms with E-state index in [0.29, 0.717) is 18.5 Å². The third-order valence-corrected chi connectivity index (χ3v) is 3.05. The van der Waals surface area contributed by atoms with Crippen molar-refractivity contribution in [3.05, 3.63) is 65.0 Å². The summed E-state index contributed by atoms with van der Waals surface area (Å²) in [6, 6.07) is 7.32. The first-order valence-corrected chi connectivity index (χ1v) is 6.29. The molecule has 0 aliphatic heterocycles. The molecular weight excluding hydrogens is 281 g/mol.